The molecule has 132 valence electrons. The lowest BCUT2D eigenvalue weighted by Crippen LogP contribution is -2.04. The van der Waals surface area contributed by atoms with Gasteiger partial charge >= 0.3 is 0 Å². The Labute approximate surface area is 161 Å². The second-order valence-electron chi connectivity index (χ2n) is 5.69. The highest BCUT2D eigenvalue weighted by molar-refractivity contribution is 9.10. The van der Waals surface area contributed by atoms with E-state index < -0.39 is 0 Å². The minimum atomic E-state index is -0.310. The summed E-state index contributed by atoms with van der Waals surface area (Å²) in [5, 5.41) is 25.7. The second kappa shape index (κ2) is 7.09. The Balaban J connectivity index is 1.58. The third kappa shape index (κ3) is 3.47. The van der Waals surface area contributed by atoms with Crippen LogP contribution in [0.15, 0.2) is 59.3 Å². The van der Waals surface area contributed by atoms with E-state index in [1.165, 1.54) is 16.9 Å². The molecule has 9 heteroatoms. The highest BCUT2D eigenvalue weighted by Gasteiger charge is 2.16. The van der Waals surface area contributed by atoms with E-state index >= 15 is 0 Å². The first-order valence-corrected chi connectivity index (χ1v) is 8.70. The van der Waals surface area contributed by atoms with Crippen molar-refractivity contribution in [3.8, 4) is 23.1 Å². The largest absolute Gasteiger partial charge is 0.226 e. The molecular weight excluding hydrogens is 413 g/mol. The van der Waals surface area contributed by atoms with Gasteiger partial charge in [0.15, 0.2) is 0 Å². The molecule has 0 bridgehead atoms. The van der Waals surface area contributed by atoms with Crippen LogP contribution in [-0.4, -0.2) is 30.0 Å². The third-order valence-electron chi connectivity index (χ3n) is 3.88. The molecular formula is C18H11BrFN7. The molecule has 2 aromatic carbocycles. The van der Waals surface area contributed by atoms with E-state index in [1.807, 2.05) is 12.1 Å². The zero-order chi connectivity index (χ0) is 18.8. The molecule has 7 nitrogen and oxygen atoms in total. The monoisotopic (exact) mass is 423 g/mol. The van der Waals surface area contributed by atoms with Crippen LogP contribution in [0.25, 0.3) is 17.1 Å². The molecule has 0 atom stereocenters. The van der Waals surface area contributed by atoms with Gasteiger partial charge in [-0.1, -0.05) is 12.1 Å². The smallest absolute Gasteiger partial charge is 0.209 e. The van der Waals surface area contributed by atoms with Gasteiger partial charge in [0.25, 0.3) is 0 Å². The summed E-state index contributed by atoms with van der Waals surface area (Å²) in [6.07, 6.45) is 1.62. The van der Waals surface area contributed by atoms with Gasteiger partial charge in [0.2, 0.25) is 5.82 Å². The Morgan fingerprint density at radius 3 is 2.52 bits per heavy atom. The van der Waals surface area contributed by atoms with Gasteiger partial charge in [-0.2, -0.15) is 15.2 Å². The first kappa shape index (κ1) is 17.1. The lowest BCUT2D eigenvalue weighted by molar-refractivity contribution is 0.573. The average molecular weight is 424 g/mol. The molecule has 0 saturated heterocycles. The summed E-state index contributed by atoms with van der Waals surface area (Å²) in [7, 11) is 0. The molecule has 0 saturated carbocycles. The fourth-order valence-corrected chi connectivity index (χ4v) is 3.09. The fraction of sp³-hybridized carbons (Fsp3) is 0.0556. The Kier molecular flexibility index (Phi) is 4.48. The van der Waals surface area contributed by atoms with Crippen molar-refractivity contribution >= 4 is 15.9 Å². The molecule has 2 aromatic heterocycles. The van der Waals surface area contributed by atoms with E-state index in [0.29, 0.717) is 33.8 Å². The van der Waals surface area contributed by atoms with E-state index in [4.69, 9.17) is 5.26 Å². The van der Waals surface area contributed by atoms with E-state index in [9.17, 15) is 4.39 Å². The van der Waals surface area contributed by atoms with Crippen molar-refractivity contribution < 1.29 is 4.39 Å². The summed E-state index contributed by atoms with van der Waals surface area (Å²) < 4.78 is 15.4. The summed E-state index contributed by atoms with van der Waals surface area (Å²) in [6.45, 7) is 0.433. The van der Waals surface area contributed by atoms with Crippen LogP contribution in [0.4, 0.5) is 4.39 Å². The predicted molar refractivity (Wildman–Crippen MR) is 98.3 cm³/mol. The van der Waals surface area contributed by atoms with Crippen molar-refractivity contribution in [1.82, 2.24) is 30.0 Å². The van der Waals surface area contributed by atoms with Crippen LogP contribution in [0.1, 0.15) is 11.1 Å². The fourth-order valence-electron chi connectivity index (χ4n) is 2.51. The number of nitriles is 1. The summed E-state index contributed by atoms with van der Waals surface area (Å²) in [5.41, 5.74) is 2.94. The lowest BCUT2D eigenvalue weighted by atomic mass is 10.1. The van der Waals surface area contributed by atoms with Crippen molar-refractivity contribution in [2.75, 3.05) is 0 Å². The van der Waals surface area contributed by atoms with Crippen LogP contribution in [-0.2, 0) is 6.54 Å². The molecule has 2 heterocycles. The van der Waals surface area contributed by atoms with Gasteiger partial charge in [-0.3, -0.25) is 0 Å². The maximum absolute atomic E-state index is 13.1. The van der Waals surface area contributed by atoms with E-state index in [2.05, 4.69) is 42.5 Å². The molecule has 0 aliphatic rings. The van der Waals surface area contributed by atoms with Gasteiger partial charge in [0, 0.05) is 0 Å². The van der Waals surface area contributed by atoms with Crippen LogP contribution < -0.4 is 0 Å². The second-order valence-corrected chi connectivity index (χ2v) is 6.44. The van der Waals surface area contributed by atoms with Gasteiger partial charge < -0.3 is 0 Å². The molecule has 0 amide bonds. The molecule has 0 N–H and O–H groups in total. The molecule has 0 aliphatic carbocycles. The zero-order valence-corrected chi connectivity index (χ0v) is 15.4. The number of hydrogen-bond acceptors (Lipinski definition) is 5. The summed E-state index contributed by atoms with van der Waals surface area (Å²) in [5.74, 6) is 0.110. The highest BCUT2D eigenvalue weighted by Crippen LogP contribution is 2.27. The topological polar surface area (TPSA) is 85.2 Å². The van der Waals surface area contributed by atoms with E-state index in [1.54, 1.807) is 35.1 Å². The molecule has 0 aliphatic heterocycles. The van der Waals surface area contributed by atoms with Crippen LogP contribution >= 0.6 is 15.9 Å². The Bertz CT molecular complexity index is 1120. The standard InChI is InChI=1S/C18H11BrFN7/c19-17-16(10-22-27(17)15-7-5-14(20)6-8-15)18-23-25-26(24-18)11-13-3-1-12(9-21)2-4-13/h1-8,10H,11H2. The van der Waals surface area contributed by atoms with Crippen molar-refractivity contribution in [2.24, 2.45) is 0 Å². The molecule has 0 radical (unpaired) electrons. The molecule has 4 rings (SSSR count). The minimum Gasteiger partial charge on any atom is -0.226 e. The highest BCUT2D eigenvalue weighted by atomic mass is 79.9. The molecule has 0 spiro atoms. The van der Waals surface area contributed by atoms with Gasteiger partial charge in [-0.15, -0.1) is 10.2 Å². The molecule has 27 heavy (non-hydrogen) atoms. The van der Waals surface area contributed by atoms with Crippen molar-refractivity contribution in [3.05, 3.63) is 76.3 Å². The summed E-state index contributed by atoms with van der Waals surface area (Å²) >= 11 is 3.49. The number of rotatable bonds is 4. The maximum atomic E-state index is 13.1. The first-order chi connectivity index (χ1) is 13.1. The Morgan fingerprint density at radius 1 is 1.07 bits per heavy atom. The van der Waals surface area contributed by atoms with E-state index in [-0.39, 0.29) is 5.82 Å². The maximum Gasteiger partial charge on any atom is 0.209 e. The number of aromatic nitrogens is 6. The number of nitrogens with zero attached hydrogens (tertiary/aromatic N) is 7. The number of halogens is 2. The van der Waals surface area contributed by atoms with Crippen molar-refractivity contribution in [1.29, 1.82) is 5.26 Å². The molecule has 0 fully saturated rings. The third-order valence-corrected chi connectivity index (χ3v) is 4.65. The minimum absolute atomic E-state index is 0.310. The van der Waals surface area contributed by atoms with Gasteiger partial charge in [0.05, 0.1) is 35.6 Å². The lowest BCUT2D eigenvalue weighted by Gasteiger charge is -2.03. The Hall–Kier alpha value is -3.38. The zero-order valence-electron chi connectivity index (χ0n) is 13.8. The van der Waals surface area contributed by atoms with Gasteiger partial charge in [0.1, 0.15) is 10.4 Å². The quantitative estimate of drug-likeness (QED) is 0.502. The average Bonchev–Trinajstić information content (AvgIpc) is 3.29. The first-order valence-electron chi connectivity index (χ1n) is 7.91. The van der Waals surface area contributed by atoms with Crippen LogP contribution in [0.2, 0.25) is 0 Å². The number of benzene rings is 2. The van der Waals surface area contributed by atoms with E-state index in [0.717, 1.165) is 5.56 Å². The molecule has 0 unspecified atom stereocenters. The van der Waals surface area contributed by atoms with Crippen molar-refractivity contribution in [2.45, 2.75) is 6.54 Å². The van der Waals surface area contributed by atoms with Crippen LogP contribution in [0.5, 0.6) is 0 Å². The Morgan fingerprint density at radius 2 is 1.81 bits per heavy atom. The number of hydrogen-bond donors (Lipinski definition) is 0. The van der Waals surface area contributed by atoms with Crippen molar-refractivity contribution in [3.63, 3.8) is 0 Å². The predicted octanol–water partition coefficient (Wildman–Crippen LogP) is 3.35. The summed E-state index contributed by atoms with van der Waals surface area (Å²) in [6, 6.07) is 15.3. The van der Waals surface area contributed by atoms with Crippen LogP contribution in [0.3, 0.4) is 0 Å². The normalized spacial score (nSPS) is 10.7. The number of tetrazole rings is 1. The molecule has 4 aromatic rings. The summed E-state index contributed by atoms with van der Waals surface area (Å²) in [4.78, 5) is 1.47. The van der Waals surface area contributed by atoms with Crippen LogP contribution in [0, 0.1) is 17.1 Å². The SMILES string of the molecule is N#Cc1ccc(Cn2nnc(-c3cnn(-c4ccc(F)cc4)c3Br)n2)cc1. The van der Waals surface area contributed by atoms with Gasteiger partial charge in [-0.25, -0.2) is 9.07 Å². The van der Waals surface area contributed by atoms with Gasteiger partial charge in [-0.05, 0) is 63.1 Å².